The van der Waals surface area contributed by atoms with Crippen LogP contribution in [0.4, 0.5) is 0 Å². The minimum Gasteiger partial charge on any atom is -0.508 e. The van der Waals surface area contributed by atoms with Gasteiger partial charge in [-0.2, -0.15) is 11.8 Å². The van der Waals surface area contributed by atoms with E-state index in [0.29, 0.717) is 17.7 Å². The molecule has 14 N–H and O–H groups in total. The van der Waals surface area contributed by atoms with Gasteiger partial charge < -0.3 is 68.7 Å². The molecule has 398 valence electrons. The summed E-state index contributed by atoms with van der Waals surface area (Å²) in [5, 5.41) is 57.8. The summed E-state index contributed by atoms with van der Waals surface area (Å²) in [6, 6.07) is -6.95. The Bertz CT molecular complexity index is 2020. The number of nitrogens with one attached hydrogen (secondary N) is 8. The highest BCUT2D eigenvalue weighted by molar-refractivity contribution is 7.98. The number of benzene rings is 1. The number of phenols is 1. The first-order valence-electron chi connectivity index (χ1n) is 23.2. The van der Waals surface area contributed by atoms with Crippen LogP contribution in [0, 0.1) is 17.8 Å². The lowest BCUT2D eigenvalue weighted by Gasteiger charge is -2.28. The molecule has 0 radical (unpaired) electrons. The Balaban J connectivity index is 3.43. The molecule has 0 aromatic heterocycles. The summed E-state index contributed by atoms with van der Waals surface area (Å²) >= 11 is 1.37. The summed E-state index contributed by atoms with van der Waals surface area (Å²) in [4.78, 5) is 143. The third-order valence-electron chi connectivity index (χ3n) is 11.2. The number of rotatable bonds is 32. The van der Waals surface area contributed by atoms with Crippen LogP contribution in [0.3, 0.4) is 0 Å². The molecule has 24 nitrogen and oxygen atoms in total. The van der Waals surface area contributed by atoms with E-state index in [2.05, 4.69) is 42.5 Å². The van der Waals surface area contributed by atoms with Crippen molar-refractivity contribution < 1.29 is 73.2 Å². The molecule has 71 heavy (non-hydrogen) atoms. The van der Waals surface area contributed by atoms with Crippen molar-refractivity contribution in [3.63, 3.8) is 0 Å². The number of nitrogens with two attached hydrogens (primary N) is 1. The largest absolute Gasteiger partial charge is 0.508 e. The number of carbonyl (C=O) groups is 11. The van der Waals surface area contributed by atoms with Gasteiger partial charge in [0.15, 0.2) is 0 Å². The predicted molar refractivity (Wildman–Crippen MR) is 260 cm³/mol. The first kappa shape index (κ1) is 62.5. The fraction of sp³-hybridized carbons (Fsp3) is 0.630. The van der Waals surface area contributed by atoms with E-state index in [-0.39, 0.29) is 36.8 Å². The van der Waals surface area contributed by atoms with E-state index in [9.17, 15) is 73.2 Å². The summed E-state index contributed by atoms with van der Waals surface area (Å²) in [7, 11) is 0. The molecule has 0 spiro atoms. The van der Waals surface area contributed by atoms with Crippen molar-refractivity contribution in [1.82, 2.24) is 42.5 Å². The molecule has 10 atom stereocenters. The van der Waals surface area contributed by atoms with Crippen LogP contribution in [0.15, 0.2) is 24.3 Å². The average molecular weight is 1020 g/mol. The van der Waals surface area contributed by atoms with Crippen LogP contribution >= 0.6 is 11.8 Å². The number of carboxylic acid groups (broad SMARTS) is 3. The molecular weight excluding hydrogens is 951 g/mol. The molecule has 0 unspecified atom stereocenters. The van der Waals surface area contributed by atoms with Crippen LogP contribution in [0.1, 0.15) is 99.5 Å². The van der Waals surface area contributed by atoms with Crippen molar-refractivity contribution in [3.05, 3.63) is 29.8 Å². The third kappa shape index (κ3) is 22.9. The topological polar surface area (TPSA) is 391 Å². The lowest BCUT2D eigenvalue weighted by atomic mass is 9.97. The number of carboxylic acids is 3. The second-order valence-electron chi connectivity index (χ2n) is 18.1. The summed E-state index contributed by atoms with van der Waals surface area (Å²) in [6.45, 7) is 12.7. The molecule has 0 bridgehead atoms. The molecule has 0 aliphatic rings. The summed E-state index contributed by atoms with van der Waals surface area (Å²) in [5.74, 6) is -12.3. The number of hydrogen-bond donors (Lipinski definition) is 13. The summed E-state index contributed by atoms with van der Waals surface area (Å²) in [6.07, 6.45) is 0.0101. The van der Waals surface area contributed by atoms with Gasteiger partial charge in [0.1, 0.15) is 54.1 Å². The van der Waals surface area contributed by atoms with Gasteiger partial charge in [0.2, 0.25) is 47.3 Å². The molecule has 0 saturated carbocycles. The summed E-state index contributed by atoms with van der Waals surface area (Å²) < 4.78 is 0. The van der Waals surface area contributed by atoms with Crippen molar-refractivity contribution in [3.8, 4) is 5.75 Å². The zero-order valence-corrected chi connectivity index (χ0v) is 42.5. The smallest absolute Gasteiger partial charge is 0.325 e. The molecule has 0 heterocycles. The van der Waals surface area contributed by atoms with Gasteiger partial charge in [-0.05, 0) is 80.6 Å². The fourth-order valence-corrected chi connectivity index (χ4v) is 7.10. The molecule has 1 aromatic carbocycles. The van der Waals surface area contributed by atoms with Gasteiger partial charge >= 0.3 is 17.9 Å². The van der Waals surface area contributed by atoms with Crippen LogP contribution in [-0.2, 0) is 59.2 Å². The van der Waals surface area contributed by atoms with E-state index in [1.807, 2.05) is 6.92 Å². The number of thioether (sulfide) groups is 1. The van der Waals surface area contributed by atoms with Gasteiger partial charge in [0.05, 0.1) is 12.5 Å². The van der Waals surface area contributed by atoms with E-state index >= 15 is 0 Å². The maximum atomic E-state index is 14.0. The molecule has 0 fully saturated rings. The van der Waals surface area contributed by atoms with Crippen LogP contribution in [0.2, 0.25) is 0 Å². The van der Waals surface area contributed by atoms with Gasteiger partial charge in [-0.15, -0.1) is 0 Å². The number of hydrogen-bond acceptors (Lipinski definition) is 14. The van der Waals surface area contributed by atoms with Crippen molar-refractivity contribution in [2.45, 2.75) is 155 Å². The summed E-state index contributed by atoms with van der Waals surface area (Å²) in [5.41, 5.74) is 6.49. The molecule has 0 aliphatic carbocycles. The van der Waals surface area contributed by atoms with Gasteiger partial charge in [0.25, 0.3) is 0 Å². The van der Waals surface area contributed by atoms with E-state index in [0.717, 1.165) is 0 Å². The number of carbonyl (C=O) groups excluding carboxylic acids is 8. The van der Waals surface area contributed by atoms with Gasteiger partial charge in [0, 0.05) is 12.8 Å². The third-order valence-corrected chi connectivity index (χ3v) is 11.8. The molecule has 0 saturated heterocycles. The molecule has 25 heteroatoms. The zero-order chi connectivity index (χ0) is 54.3. The Labute approximate surface area is 417 Å². The Morgan fingerprint density at radius 3 is 1.55 bits per heavy atom. The Hall–Kier alpha value is -6.50. The lowest BCUT2D eigenvalue weighted by Crippen LogP contribution is -2.61. The number of aromatic hydroxyl groups is 1. The highest BCUT2D eigenvalue weighted by atomic mass is 32.2. The lowest BCUT2D eigenvalue weighted by molar-refractivity contribution is -0.142. The Morgan fingerprint density at radius 2 is 1.04 bits per heavy atom. The minimum absolute atomic E-state index is 0.0664. The van der Waals surface area contributed by atoms with Crippen molar-refractivity contribution in [1.29, 1.82) is 0 Å². The quantitative estimate of drug-likeness (QED) is 0.0416. The van der Waals surface area contributed by atoms with E-state index in [1.165, 1.54) is 49.9 Å². The SMILES string of the molecule is CC[C@H](C)[C@H](N)C(=O)N[C@@H](CC(C)C)C(=O)N[C@@H](CC(=O)O)C(=O)N[C@@H](CCC(=O)O)C(=O)N[C@@H](C)C(=O)N[C@@H](Cc1ccc(O)cc1)C(=O)N[C@H](C(=O)N[C@@H](CCSC)C(=O)N[C@@H](C)C(=O)O)C(C)C. The first-order chi connectivity index (χ1) is 33.1. The highest BCUT2D eigenvalue weighted by Crippen LogP contribution is 2.14. The van der Waals surface area contributed by atoms with E-state index < -0.39 is 145 Å². The Morgan fingerprint density at radius 1 is 0.563 bits per heavy atom. The fourth-order valence-electron chi connectivity index (χ4n) is 6.63. The molecule has 8 amide bonds. The maximum Gasteiger partial charge on any atom is 0.325 e. The van der Waals surface area contributed by atoms with Crippen LogP contribution in [0.25, 0.3) is 0 Å². The minimum atomic E-state index is -1.84. The van der Waals surface area contributed by atoms with Gasteiger partial charge in [-0.25, -0.2) is 0 Å². The number of amides is 8. The second kappa shape index (κ2) is 31.0. The molecule has 1 aromatic rings. The number of phenolic OH excluding ortho intramolecular Hbond substituents is 1. The van der Waals surface area contributed by atoms with E-state index in [4.69, 9.17) is 5.73 Å². The van der Waals surface area contributed by atoms with Crippen molar-refractivity contribution in [2.24, 2.45) is 23.5 Å². The standard InChI is InChI=1S/C46H73N9O15S/c1-10-24(6)36(47)44(67)54-31(19-22(2)3)41(64)53-33(21-35(59)60)42(65)50-29(15-16-34(57)58)39(62)48-25(7)38(61)52-32(20-27-11-13-28(56)14-12-27)43(66)55-37(23(4)5)45(68)51-30(17-18-71-9)40(63)49-26(8)46(69)70/h11-14,22-26,29-33,36-37,56H,10,15-21,47H2,1-9H3,(H,48,62)(H,49,63)(H,50,65)(H,51,68)(H,52,61)(H,53,64)(H,54,67)(H,55,66)(H,57,58)(H,59,60)(H,69,70)/t24-,25-,26-,29-,30-,31-,32-,33-,36-,37-/m0/s1. The Kier molecular flexibility index (Phi) is 27.3. The van der Waals surface area contributed by atoms with E-state index in [1.54, 1.807) is 40.9 Å². The average Bonchev–Trinajstić information content (AvgIpc) is 3.29. The van der Waals surface area contributed by atoms with Crippen molar-refractivity contribution >= 4 is 76.9 Å². The first-order valence-corrected chi connectivity index (χ1v) is 24.6. The number of aliphatic carboxylic acids is 3. The van der Waals surface area contributed by atoms with Crippen LogP contribution in [0.5, 0.6) is 5.75 Å². The van der Waals surface area contributed by atoms with Gasteiger partial charge in [-0.3, -0.25) is 52.7 Å². The zero-order valence-electron chi connectivity index (χ0n) is 41.7. The van der Waals surface area contributed by atoms with Crippen molar-refractivity contribution in [2.75, 3.05) is 12.0 Å². The predicted octanol–water partition coefficient (Wildman–Crippen LogP) is -0.894. The normalized spacial score (nSPS) is 15.4. The van der Waals surface area contributed by atoms with Crippen LogP contribution in [-0.4, -0.2) is 152 Å². The van der Waals surface area contributed by atoms with Crippen LogP contribution < -0.4 is 48.3 Å². The second-order valence-corrected chi connectivity index (χ2v) is 19.0. The van der Waals surface area contributed by atoms with Gasteiger partial charge in [-0.1, -0.05) is 60.1 Å². The molecule has 1 rings (SSSR count). The monoisotopic (exact) mass is 1020 g/mol. The molecule has 0 aliphatic heterocycles. The highest BCUT2D eigenvalue weighted by Gasteiger charge is 2.36. The molecular formula is C46H73N9O15S. The maximum absolute atomic E-state index is 14.0.